The van der Waals surface area contributed by atoms with Crippen LogP contribution in [0.2, 0.25) is 0 Å². The van der Waals surface area contributed by atoms with E-state index in [0.717, 1.165) is 36.5 Å². The highest BCUT2D eigenvalue weighted by Crippen LogP contribution is 2.35. The van der Waals surface area contributed by atoms with Crippen LogP contribution in [0.25, 0.3) is 10.8 Å². The number of halogens is 1. The Balaban J connectivity index is 2.09. The maximum Gasteiger partial charge on any atom is 0.101 e. The van der Waals surface area contributed by atoms with Gasteiger partial charge in [0.1, 0.15) is 5.03 Å². The van der Waals surface area contributed by atoms with Crippen LogP contribution in [-0.2, 0) is 0 Å². The van der Waals surface area contributed by atoms with E-state index in [1.54, 1.807) is 18.0 Å². The first-order valence-corrected chi connectivity index (χ1v) is 7.69. The number of pyridine rings is 2. The van der Waals surface area contributed by atoms with Gasteiger partial charge in [0.15, 0.2) is 0 Å². The van der Waals surface area contributed by atoms with Crippen molar-refractivity contribution < 1.29 is 0 Å². The summed E-state index contributed by atoms with van der Waals surface area (Å²) < 4.78 is 0.976. The maximum atomic E-state index is 6.02. The van der Waals surface area contributed by atoms with E-state index in [-0.39, 0.29) is 0 Å². The van der Waals surface area contributed by atoms with Gasteiger partial charge in [-0.25, -0.2) is 4.98 Å². The summed E-state index contributed by atoms with van der Waals surface area (Å²) in [4.78, 5) is 9.85. The topological polar surface area (TPSA) is 51.8 Å². The standard InChI is InChI=1S/C15H12BrN3S/c1-9-6-11-12(8-18-9)13(17)3-4-14(11)20-15-5-2-10(16)7-19-15/h2-8H,17H2,1H3. The fraction of sp³-hybridized carbons (Fsp3) is 0.0667. The predicted octanol–water partition coefficient (Wildman–Crippen LogP) is 4.43. The quantitative estimate of drug-likeness (QED) is 0.697. The summed E-state index contributed by atoms with van der Waals surface area (Å²) in [5.74, 6) is 0. The van der Waals surface area contributed by atoms with Crippen molar-refractivity contribution in [3.8, 4) is 0 Å². The lowest BCUT2D eigenvalue weighted by Gasteiger charge is -2.08. The molecule has 0 fully saturated rings. The van der Waals surface area contributed by atoms with E-state index in [9.17, 15) is 0 Å². The van der Waals surface area contributed by atoms with E-state index >= 15 is 0 Å². The zero-order chi connectivity index (χ0) is 14.1. The third-order valence-electron chi connectivity index (χ3n) is 2.95. The average molecular weight is 346 g/mol. The molecular formula is C15H12BrN3S. The number of rotatable bonds is 2. The molecule has 3 aromatic rings. The molecule has 2 heterocycles. The van der Waals surface area contributed by atoms with Crippen LogP contribution >= 0.6 is 27.7 Å². The van der Waals surface area contributed by atoms with Crippen molar-refractivity contribution in [2.45, 2.75) is 16.8 Å². The van der Waals surface area contributed by atoms with Gasteiger partial charge in [0.05, 0.1) is 0 Å². The van der Waals surface area contributed by atoms with E-state index in [2.05, 4.69) is 32.0 Å². The largest absolute Gasteiger partial charge is 0.398 e. The van der Waals surface area contributed by atoms with E-state index < -0.39 is 0 Å². The lowest BCUT2D eigenvalue weighted by atomic mass is 10.1. The fourth-order valence-electron chi connectivity index (χ4n) is 1.96. The van der Waals surface area contributed by atoms with Gasteiger partial charge in [0.2, 0.25) is 0 Å². The Morgan fingerprint density at radius 3 is 2.65 bits per heavy atom. The van der Waals surface area contributed by atoms with Gasteiger partial charge in [-0.15, -0.1) is 0 Å². The number of anilines is 1. The van der Waals surface area contributed by atoms with E-state index in [1.807, 2.05) is 37.4 Å². The van der Waals surface area contributed by atoms with E-state index in [0.29, 0.717) is 0 Å². The third kappa shape index (κ3) is 2.64. The molecule has 3 nitrogen and oxygen atoms in total. The highest BCUT2D eigenvalue weighted by molar-refractivity contribution is 9.10. The number of nitrogen functional groups attached to an aromatic ring is 1. The van der Waals surface area contributed by atoms with Crippen molar-refractivity contribution in [2.24, 2.45) is 0 Å². The number of benzene rings is 1. The number of nitrogens with two attached hydrogens (primary N) is 1. The van der Waals surface area contributed by atoms with Crippen molar-refractivity contribution >= 4 is 44.2 Å². The van der Waals surface area contributed by atoms with Crippen molar-refractivity contribution in [1.82, 2.24) is 9.97 Å². The molecule has 2 aromatic heterocycles. The normalized spacial score (nSPS) is 10.9. The van der Waals surface area contributed by atoms with Crippen LogP contribution < -0.4 is 5.73 Å². The molecule has 0 atom stereocenters. The number of hydrogen-bond acceptors (Lipinski definition) is 4. The molecule has 0 radical (unpaired) electrons. The molecule has 0 unspecified atom stereocenters. The Hall–Kier alpha value is -1.59. The predicted molar refractivity (Wildman–Crippen MR) is 87.0 cm³/mol. The number of nitrogens with zero attached hydrogens (tertiary/aromatic N) is 2. The van der Waals surface area contributed by atoms with Gasteiger partial charge in [-0.3, -0.25) is 4.98 Å². The molecule has 0 saturated heterocycles. The minimum atomic E-state index is 0.751. The Morgan fingerprint density at radius 2 is 1.90 bits per heavy atom. The second-order valence-electron chi connectivity index (χ2n) is 4.44. The average Bonchev–Trinajstić information content (AvgIpc) is 2.44. The first kappa shape index (κ1) is 13.4. The molecule has 0 spiro atoms. The van der Waals surface area contributed by atoms with Crippen LogP contribution in [0.15, 0.2) is 57.1 Å². The van der Waals surface area contributed by atoms with Gasteiger partial charge in [0, 0.05) is 43.9 Å². The summed E-state index contributed by atoms with van der Waals surface area (Å²) >= 11 is 5.02. The number of hydrogen-bond donors (Lipinski definition) is 1. The van der Waals surface area contributed by atoms with Crippen LogP contribution in [0, 0.1) is 6.92 Å². The molecule has 2 N–H and O–H groups in total. The van der Waals surface area contributed by atoms with Crippen LogP contribution in [0.5, 0.6) is 0 Å². The van der Waals surface area contributed by atoms with E-state index in [1.165, 1.54) is 0 Å². The summed E-state index contributed by atoms with van der Waals surface area (Å²) in [5.41, 5.74) is 7.75. The molecule has 1 aromatic carbocycles. The fourth-order valence-corrected chi connectivity index (χ4v) is 3.08. The maximum absolute atomic E-state index is 6.02. The number of aromatic nitrogens is 2. The molecule has 0 aliphatic heterocycles. The van der Waals surface area contributed by atoms with Crippen LogP contribution in [-0.4, -0.2) is 9.97 Å². The summed E-state index contributed by atoms with van der Waals surface area (Å²) in [6.07, 6.45) is 3.63. The Kier molecular flexibility index (Phi) is 3.63. The van der Waals surface area contributed by atoms with E-state index in [4.69, 9.17) is 5.73 Å². The lowest BCUT2D eigenvalue weighted by Crippen LogP contribution is -1.91. The molecule has 0 amide bonds. The molecule has 0 aliphatic rings. The van der Waals surface area contributed by atoms with Gasteiger partial charge in [-0.1, -0.05) is 11.8 Å². The van der Waals surface area contributed by atoms with Crippen molar-refractivity contribution in [2.75, 3.05) is 5.73 Å². The smallest absolute Gasteiger partial charge is 0.101 e. The number of aryl methyl sites for hydroxylation is 1. The van der Waals surface area contributed by atoms with Gasteiger partial charge >= 0.3 is 0 Å². The molecule has 100 valence electrons. The zero-order valence-electron chi connectivity index (χ0n) is 10.8. The first-order valence-electron chi connectivity index (χ1n) is 6.08. The molecule has 20 heavy (non-hydrogen) atoms. The Morgan fingerprint density at radius 1 is 1.05 bits per heavy atom. The SMILES string of the molecule is Cc1cc2c(Sc3ccc(Br)cn3)ccc(N)c2cn1. The summed E-state index contributed by atoms with van der Waals surface area (Å²) in [6, 6.07) is 9.99. The Bertz CT molecular complexity index is 772. The van der Waals surface area contributed by atoms with Gasteiger partial charge < -0.3 is 5.73 Å². The van der Waals surface area contributed by atoms with Gasteiger partial charge in [0.25, 0.3) is 0 Å². The second kappa shape index (κ2) is 5.42. The summed E-state index contributed by atoms with van der Waals surface area (Å²) in [5, 5.41) is 3.05. The molecule has 0 bridgehead atoms. The molecule has 0 aliphatic carbocycles. The number of fused-ring (bicyclic) bond motifs is 1. The van der Waals surface area contributed by atoms with Crippen molar-refractivity contribution in [1.29, 1.82) is 0 Å². The van der Waals surface area contributed by atoms with Gasteiger partial charge in [-0.05, 0) is 53.2 Å². The Labute approximate surface area is 129 Å². The lowest BCUT2D eigenvalue weighted by molar-refractivity contribution is 1.12. The van der Waals surface area contributed by atoms with Crippen LogP contribution in [0.3, 0.4) is 0 Å². The zero-order valence-corrected chi connectivity index (χ0v) is 13.2. The van der Waals surface area contributed by atoms with Crippen LogP contribution in [0.4, 0.5) is 5.69 Å². The minimum absolute atomic E-state index is 0.751. The monoisotopic (exact) mass is 345 g/mol. The van der Waals surface area contributed by atoms with Gasteiger partial charge in [-0.2, -0.15) is 0 Å². The van der Waals surface area contributed by atoms with Crippen molar-refractivity contribution in [3.05, 3.63) is 52.9 Å². The highest BCUT2D eigenvalue weighted by Gasteiger charge is 2.07. The van der Waals surface area contributed by atoms with Crippen LogP contribution in [0.1, 0.15) is 5.69 Å². The second-order valence-corrected chi connectivity index (χ2v) is 6.42. The minimum Gasteiger partial charge on any atom is -0.398 e. The summed E-state index contributed by atoms with van der Waals surface area (Å²) in [6.45, 7) is 1.98. The molecule has 0 saturated carbocycles. The first-order chi connectivity index (χ1) is 9.63. The molecule has 3 rings (SSSR count). The third-order valence-corrected chi connectivity index (χ3v) is 4.44. The highest BCUT2D eigenvalue weighted by atomic mass is 79.9. The summed E-state index contributed by atoms with van der Waals surface area (Å²) in [7, 11) is 0. The molecule has 5 heteroatoms. The van der Waals surface area contributed by atoms with Crippen molar-refractivity contribution in [3.63, 3.8) is 0 Å². The molecular weight excluding hydrogens is 334 g/mol.